The first-order chi connectivity index (χ1) is 9.16. The van der Waals surface area contributed by atoms with E-state index in [2.05, 4.69) is 15.5 Å². The Kier molecular flexibility index (Phi) is 4.38. The van der Waals surface area contributed by atoms with Gasteiger partial charge in [0, 0.05) is 32.1 Å². The van der Waals surface area contributed by atoms with Crippen molar-refractivity contribution in [1.29, 1.82) is 0 Å². The lowest BCUT2D eigenvalue weighted by Crippen LogP contribution is -2.37. The van der Waals surface area contributed by atoms with Crippen LogP contribution in [0.3, 0.4) is 0 Å². The molecule has 0 spiro atoms. The smallest absolute Gasteiger partial charge is 0.269 e. The number of amides is 2. The van der Waals surface area contributed by atoms with E-state index >= 15 is 0 Å². The largest absolute Gasteiger partial charge is 0.382 e. The van der Waals surface area contributed by atoms with E-state index in [1.807, 2.05) is 4.90 Å². The summed E-state index contributed by atoms with van der Waals surface area (Å²) in [6.07, 6.45) is 3.67. The third-order valence-electron chi connectivity index (χ3n) is 3.18. The molecule has 0 radical (unpaired) electrons. The van der Waals surface area contributed by atoms with Crippen LogP contribution in [0.15, 0.2) is 6.07 Å². The molecule has 0 aliphatic carbocycles. The van der Waals surface area contributed by atoms with Gasteiger partial charge in [-0.1, -0.05) is 0 Å². The molecule has 1 aliphatic heterocycles. The van der Waals surface area contributed by atoms with Gasteiger partial charge >= 0.3 is 0 Å². The maximum atomic E-state index is 11.9. The molecular formula is C12H19N5O2. The van der Waals surface area contributed by atoms with Gasteiger partial charge in [-0.3, -0.25) is 14.7 Å². The first kappa shape index (κ1) is 13.4. The predicted molar refractivity (Wildman–Crippen MR) is 70.4 cm³/mol. The summed E-state index contributed by atoms with van der Waals surface area (Å²) in [7, 11) is 0. The number of anilines is 1. The lowest BCUT2D eigenvalue weighted by Gasteiger charge is -2.26. The molecule has 7 nitrogen and oxygen atoms in total. The average Bonchev–Trinajstić information content (AvgIpc) is 2.86. The molecule has 0 saturated carbocycles. The molecule has 1 saturated heterocycles. The number of nitrogens with one attached hydrogen (secondary N) is 2. The maximum absolute atomic E-state index is 11.9. The van der Waals surface area contributed by atoms with Crippen LogP contribution in [0, 0.1) is 0 Å². The SMILES string of the molecule is Nc1cc(C(=O)NCCC(=O)N2CCCCC2)[nH]n1. The summed E-state index contributed by atoms with van der Waals surface area (Å²) in [6, 6.07) is 1.46. The molecule has 0 atom stereocenters. The maximum Gasteiger partial charge on any atom is 0.269 e. The topological polar surface area (TPSA) is 104 Å². The van der Waals surface area contributed by atoms with Crippen molar-refractivity contribution in [2.75, 3.05) is 25.4 Å². The van der Waals surface area contributed by atoms with E-state index < -0.39 is 0 Å². The van der Waals surface area contributed by atoms with Crippen molar-refractivity contribution < 1.29 is 9.59 Å². The molecule has 2 heterocycles. The van der Waals surface area contributed by atoms with Gasteiger partial charge in [0.2, 0.25) is 5.91 Å². The Morgan fingerprint density at radius 2 is 2.11 bits per heavy atom. The molecular weight excluding hydrogens is 246 g/mol. The second kappa shape index (κ2) is 6.21. The molecule has 2 rings (SSSR count). The molecule has 0 bridgehead atoms. The average molecular weight is 265 g/mol. The summed E-state index contributed by atoms with van der Waals surface area (Å²) in [6.45, 7) is 2.00. The van der Waals surface area contributed by atoms with Crippen molar-refractivity contribution in [2.24, 2.45) is 0 Å². The van der Waals surface area contributed by atoms with Gasteiger partial charge in [0.15, 0.2) is 0 Å². The van der Waals surface area contributed by atoms with E-state index in [4.69, 9.17) is 5.73 Å². The molecule has 4 N–H and O–H groups in total. The monoisotopic (exact) mass is 265 g/mol. The Balaban J connectivity index is 1.71. The van der Waals surface area contributed by atoms with Crippen LogP contribution in [0.25, 0.3) is 0 Å². The summed E-state index contributed by atoms with van der Waals surface area (Å²) in [5.41, 5.74) is 5.72. The van der Waals surface area contributed by atoms with E-state index in [1.54, 1.807) is 0 Å². The zero-order chi connectivity index (χ0) is 13.7. The number of nitrogens with zero attached hydrogens (tertiary/aromatic N) is 2. The van der Waals surface area contributed by atoms with Crippen molar-refractivity contribution >= 4 is 17.6 Å². The van der Waals surface area contributed by atoms with Crippen molar-refractivity contribution in [3.05, 3.63) is 11.8 Å². The van der Waals surface area contributed by atoms with Gasteiger partial charge in [-0.2, -0.15) is 5.10 Å². The number of hydrogen-bond acceptors (Lipinski definition) is 4. The molecule has 19 heavy (non-hydrogen) atoms. The van der Waals surface area contributed by atoms with E-state index in [0.717, 1.165) is 25.9 Å². The second-order valence-electron chi connectivity index (χ2n) is 4.65. The van der Waals surface area contributed by atoms with E-state index in [9.17, 15) is 9.59 Å². The summed E-state index contributed by atoms with van der Waals surface area (Å²) < 4.78 is 0. The zero-order valence-corrected chi connectivity index (χ0v) is 10.8. The molecule has 1 aromatic heterocycles. The molecule has 104 valence electrons. The molecule has 1 aromatic rings. The van der Waals surface area contributed by atoms with Gasteiger partial charge in [-0.15, -0.1) is 0 Å². The summed E-state index contributed by atoms with van der Waals surface area (Å²) >= 11 is 0. The highest BCUT2D eigenvalue weighted by molar-refractivity contribution is 5.93. The molecule has 1 fully saturated rings. The van der Waals surface area contributed by atoms with E-state index in [0.29, 0.717) is 18.7 Å². The van der Waals surface area contributed by atoms with E-state index in [1.165, 1.54) is 12.5 Å². The van der Waals surface area contributed by atoms with Gasteiger partial charge < -0.3 is 16.0 Å². The second-order valence-corrected chi connectivity index (χ2v) is 4.65. The van der Waals surface area contributed by atoms with Gasteiger partial charge in [-0.25, -0.2) is 0 Å². The van der Waals surface area contributed by atoms with Gasteiger partial charge in [0.05, 0.1) is 0 Å². The highest BCUT2D eigenvalue weighted by Gasteiger charge is 2.16. The van der Waals surface area contributed by atoms with Crippen LogP contribution < -0.4 is 11.1 Å². The molecule has 0 unspecified atom stereocenters. The van der Waals surface area contributed by atoms with Gasteiger partial charge in [-0.05, 0) is 19.3 Å². The highest BCUT2D eigenvalue weighted by Crippen LogP contribution is 2.09. The standard InChI is InChI=1S/C12H19N5O2/c13-10-8-9(15-16-10)12(19)14-5-4-11(18)17-6-2-1-3-7-17/h8H,1-7H2,(H,14,19)(H3,13,15,16). The Morgan fingerprint density at radius 1 is 1.37 bits per heavy atom. The number of carbonyl (C=O) groups excluding carboxylic acids is 2. The van der Waals surface area contributed by atoms with E-state index in [-0.39, 0.29) is 17.6 Å². The lowest BCUT2D eigenvalue weighted by molar-refractivity contribution is -0.131. The summed E-state index contributed by atoms with van der Waals surface area (Å²) in [5, 5.41) is 8.86. The van der Waals surface area contributed by atoms with Gasteiger partial charge in [0.25, 0.3) is 5.91 Å². The van der Waals surface area contributed by atoms with Crippen molar-refractivity contribution in [2.45, 2.75) is 25.7 Å². The minimum Gasteiger partial charge on any atom is -0.382 e. The number of nitrogen functional groups attached to an aromatic ring is 1. The number of nitrogens with two attached hydrogens (primary N) is 1. The van der Waals surface area contributed by atoms with Crippen molar-refractivity contribution in [1.82, 2.24) is 20.4 Å². The Morgan fingerprint density at radius 3 is 2.74 bits per heavy atom. The number of H-pyrrole nitrogens is 1. The fourth-order valence-corrected chi connectivity index (χ4v) is 2.13. The third-order valence-corrected chi connectivity index (χ3v) is 3.18. The lowest BCUT2D eigenvalue weighted by atomic mass is 10.1. The van der Waals surface area contributed by atoms with Crippen LogP contribution in [0.5, 0.6) is 0 Å². The Hall–Kier alpha value is -2.05. The first-order valence-electron chi connectivity index (χ1n) is 6.53. The number of aromatic nitrogens is 2. The fraction of sp³-hybridized carbons (Fsp3) is 0.583. The van der Waals surface area contributed by atoms with Crippen LogP contribution in [-0.2, 0) is 4.79 Å². The van der Waals surface area contributed by atoms with Crippen LogP contribution >= 0.6 is 0 Å². The molecule has 7 heteroatoms. The van der Waals surface area contributed by atoms with Crippen molar-refractivity contribution in [3.63, 3.8) is 0 Å². The number of likely N-dealkylation sites (tertiary alicyclic amines) is 1. The zero-order valence-electron chi connectivity index (χ0n) is 10.8. The fourth-order valence-electron chi connectivity index (χ4n) is 2.13. The number of carbonyl (C=O) groups is 2. The highest BCUT2D eigenvalue weighted by atomic mass is 16.2. The number of rotatable bonds is 4. The number of piperidine rings is 1. The quantitative estimate of drug-likeness (QED) is 0.719. The Labute approximate surface area is 111 Å². The Bertz CT molecular complexity index is 451. The molecule has 2 amide bonds. The normalized spacial score (nSPS) is 15.3. The van der Waals surface area contributed by atoms with Crippen LogP contribution in [0.1, 0.15) is 36.2 Å². The third kappa shape index (κ3) is 3.70. The number of aromatic amines is 1. The number of hydrogen-bond donors (Lipinski definition) is 3. The minimum atomic E-state index is -0.296. The predicted octanol–water partition coefficient (Wildman–Crippen LogP) is 0.124. The molecule has 1 aliphatic rings. The molecule has 0 aromatic carbocycles. The summed E-state index contributed by atoms with van der Waals surface area (Å²) in [5.74, 6) is 0.0781. The first-order valence-corrected chi connectivity index (χ1v) is 6.53. The van der Waals surface area contributed by atoms with Gasteiger partial charge in [0.1, 0.15) is 11.5 Å². The van der Waals surface area contributed by atoms with Crippen molar-refractivity contribution in [3.8, 4) is 0 Å². The summed E-state index contributed by atoms with van der Waals surface area (Å²) in [4.78, 5) is 25.4. The van der Waals surface area contributed by atoms with Crippen LogP contribution in [0.4, 0.5) is 5.82 Å². The minimum absolute atomic E-state index is 0.101. The van der Waals surface area contributed by atoms with Crippen LogP contribution in [0.2, 0.25) is 0 Å². The van der Waals surface area contributed by atoms with Crippen LogP contribution in [-0.4, -0.2) is 46.5 Å².